The van der Waals surface area contributed by atoms with Crippen LogP contribution in [0.4, 0.5) is 13.2 Å². The molecule has 0 radical (unpaired) electrons. The number of hydrogen-bond acceptors (Lipinski definition) is 2. The summed E-state index contributed by atoms with van der Waals surface area (Å²) in [5, 5.41) is 1.80. The smallest absolute Gasteiger partial charge is 0.471 e. The lowest BCUT2D eigenvalue weighted by atomic mass is 10.3. The highest BCUT2D eigenvalue weighted by atomic mass is 19.4. The number of ether oxygens (including phenoxy) is 1. The normalized spacial score (nSPS) is 12.9. The number of carbonyl (C=O) groups is 1. The van der Waals surface area contributed by atoms with Crippen molar-refractivity contribution in [2.24, 2.45) is 0 Å². The van der Waals surface area contributed by atoms with Crippen LogP contribution >= 0.6 is 0 Å². The lowest BCUT2D eigenvalue weighted by molar-refractivity contribution is -0.174. The third-order valence-electron chi connectivity index (χ3n) is 1.88. The largest absolute Gasteiger partial charge is 0.491 e. The Morgan fingerprint density at radius 2 is 1.94 bits per heavy atom. The second-order valence-electron chi connectivity index (χ2n) is 3.50. The zero-order chi connectivity index (χ0) is 12.9. The zero-order valence-electron chi connectivity index (χ0n) is 9.12. The molecular formula is C11H12F3NO2. The van der Waals surface area contributed by atoms with E-state index in [-0.39, 0.29) is 6.61 Å². The van der Waals surface area contributed by atoms with Gasteiger partial charge in [0.05, 0.1) is 6.04 Å². The molecule has 1 rings (SSSR count). The number of carbonyl (C=O) groups excluding carboxylic acids is 1. The molecule has 0 aliphatic carbocycles. The van der Waals surface area contributed by atoms with Crippen LogP contribution in [-0.2, 0) is 4.79 Å². The highest BCUT2D eigenvalue weighted by molar-refractivity contribution is 5.81. The van der Waals surface area contributed by atoms with Crippen LogP contribution in [0.5, 0.6) is 5.75 Å². The van der Waals surface area contributed by atoms with Gasteiger partial charge in [-0.05, 0) is 19.1 Å². The van der Waals surface area contributed by atoms with Crippen molar-refractivity contribution in [2.45, 2.75) is 19.1 Å². The first-order valence-electron chi connectivity index (χ1n) is 4.95. The van der Waals surface area contributed by atoms with E-state index in [1.54, 1.807) is 35.6 Å². The van der Waals surface area contributed by atoms with Gasteiger partial charge in [0.15, 0.2) is 0 Å². The second-order valence-corrected chi connectivity index (χ2v) is 3.50. The fourth-order valence-corrected chi connectivity index (χ4v) is 1.09. The standard InChI is InChI=1S/C11H12F3NO2/c1-8(15-10(16)11(12,13)14)7-17-9-5-3-2-4-6-9/h2-6,8H,7H2,1H3,(H,15,16)/t8-/m1/s1. The van der Waals surface area contributed by atoms with Gasteiger partial charge in [0.2, 0.25) is 0 Å². The van der Waals surface area contributed by atoms with Crippen molar-refractivity contribution in [3.05, 3.63) is 30.3 Å². The highest BCUT2D eigenvalue weighted by Gasteiger charge is 2.39. The maximum atomic E-state index is 11.9. The molecule has 0 saturated carbocycles. The van der Waals surface area contributed by atoms with Crippen molar-refractivity contribution in [1.29, 1.82) is 0 Å². The Morgan fingerprint density at radius 1 is 1.35 bits per heavy atom. The van der Waals surface area contributed by atoms with Crippen molar-refractivity contribution in [2.75, 3.05) is 6.61 Å². The van der Waals surface area contributed by atoms with Gasteiger partial charge in [-0.25, -0.2) is 0 Å². The van der Waals surface area contributed by atoms with Crippen molar-refractivity contribution < 1.29 is 22.7 Å². The summed E-state index contributed by atoms with van der Waals surface area (Å²) in [7, 11) is 0. The van der Waals surface area contributed by atoms with Crippen molar-refractivity contribution >= 4 is 5.91 Å². The van der Waals surface area contributed by atoms with Crippen LogP contribution in [0.1, 0.15) is 6.92 Å². The number of nitrogens with one attached hydrogen (secondary N) is 1. The number of para-hydroxylation sites is 1. The number of hydrogen-bond donors (Lipinski definition) is 1. The summed E-state index contributed by atoms with van der Waals surface area (Å²) in [5.41, 5.74) is 0. The first kappa shape index (κ1) is 13.3. The molecule has 0 unspecified atom stereocenters. The second kappa shape index (κ2) is 5.56. The lowest BCUT2D eigenvalue weighted by Crippen LogP contribution is -2.44. The number of benzene rings is 1. The van der Waals surface area contributed by atoms with Gasteiger partial charge in [-0.15, -0.1) is 0 Å². The molecule has 0 aliphatic heterocycles. The molecule has 1 atom stereocenters. The molecule has 1 aromatic carbocycles. The van der Waals surface area contributed by atoms with Crippen LogP contribution in [0.2, 0.25) is 0 Å². The van der Waals surface area contributed by atoms with Gasteiger partial charge in [-0.3, -0.25) is 4.79 Å². The van der Waals surface area contributed by atoms with Crippen molar-refractivity contribution in [3.8, 4) is 5.75 Å². The fraction of sp³-hybridized carbons (Fsp3) is 0.364. The predicted octanol–water partition coefficient (Wildman–Crippen LogP) is 2.13. The molecule has 0 bridgehead atoms. The number of amides is 1. The predicted molar refractivity (Wildman–Crippen MR) is 55.6 cm³/mol. The minimum absolute atomic E-state index is 0.0220. The van der Waals surface area contributed by atoms with Crippen LogP contribution < -0.4 is 10.1 Å². The zero-order valence-corrected chi connectivity index (χ0v) is 9.12. The van der Waals surface area contributed by atoms with E-state index in [0.29, 0.717) is 5.75 Å². The van der Waals surface area contributed by atoms with E-state index in [4.69, 9.17) is 4.74 Å². The Balaban J connectivity index is 2.36. The monoisotopic (exact) mass is 247 g/mol. The van der Waals surface area contributed by atoms with Gasteiger partial charge in [0.1, 0.15) is 12.4 Å². The SMILES string of the molecule is C[C@H](COc1ccccc1)NC(=O)C(F)(F)F. The summed E-state index contributed by atoms with van der Waals surface area (Å²) in [4.78, 5) is 10.6. The minimum atomic E-state index is -4.86. The van der Waals surface area contributed by atoms with Gasteiger partial charge in [0, 0.05) is 0 Å². The van der Waals surface area contributed by atoms with Crippen LogP contribution in [0.25, 0.3) is 0 Å². The molecule has 0 heterocycles. The topological polar surface area (TPSA) is 38.3 Å². The van der Waals surface area contributed by atoms with Crippen LogP contribution in [0.3, 0.4) is 0 Å². The van der Waals surface area contributed by atoms with E-state index in [9.17, 15) is 18.0 Å². The van der Waals surface area contributed by atoms with Crippen LogP contribution in [-0.4, -0.2) is 24.7 Å². The summed E-state index contributed by atoms with van der Waals surface area (Å²) >= 11 is 0. The summed E-state index contributed by atoms with van der Waals surface area (Å²) in [6.45, 7) is 1.42. The minimum Gasteiger partial charge on any atom is -0.491 e. The summed E-state index contributed by atoms with van der Waals surface area (Å²) in [6, 6.07) is 7.92. The third-order valence-corrected chi connectivity index (χ3v) is 1.88. The molecule has 0 aliphatic rings. The average Bonchev–Trinajstić information content (AvgIpc) is 2.26. The number of rotatable bonds is 4. The van der Waals surface area contributed by atoms with E-state index in [2.05, 4.69) is 0 Å². The average molecular weight is 247 g/mol. The molecule has 1 aromatic rings. The van der Waals surface area contributed by atoms with Crippen LogP contribution in [0, 0.1) is 0 Å². The maximum Gasteiger partial charge on any atom is 0.471 e. The summed E-state index contributed by atoms with van der Waals surface area (Å²) < 4.78 is 41.0. The van der Waals surface area contributed by atoms with Gasteiger partial charge in [-0.1, -0.05) is 18.2 Å². The van der Waals surface area contributed by atoms with Gasteiger partial charge >= 0.3 is 12.1 Å². The lowest BCUT2D eigenvalue weighted by Gasteiger charge is -2.15. The first-order valence-corrected chi connectivity index (χ1v) is 4.95. The Morgan fingerprint density at radius 3 is 2.47 bits per heavy atom. The molecule has 6 heteroatoms. The van der Waals surface area contributed by atoms with Crippen molar-refractivity contribution in [3.63, 3.8) is 0 Å². The Hall–Kier alpha value is -1.72. The number of alkyl halides is 3. The van der Waals surface area contributed by atoms with Crippen LogP contribution in [0.15, 0.2) is 30.3 Å². The van der Waals surface area contributed by atoms with Crippen molar-refractivity contribution in [1.82, 2.24) is 5.32 Å². The first-order chi connectivity index (χ1) is 7.89. The Kier molecular flexibility index (Phi) is 4.37. The highest BCUT2D eigenvalue weighted by Crippen LogP contribution is 2.14. The van der Waals surface area contributed by atoms with Gasteiger partial charge in [-0.2, -0.15) is 13.2 Å². The fourth-order valence-electron chi connectivity index (χ4n) is 1.09. The van der Waals surface area contributed by atoms with E-state index >= 15 is 0 Å². The molecule has 0 spiro atoms. The quantitative estimate of drug-likeness (QED) is 0.885. The molecular weight excluding hydrogens is 235 g/mol. The van der Waals surface area contributed by atoms with E-state index in [0.717, 1.165) is 0 Å². The molecule has 0 fully saturated rings. The van der Waals surface area contributed by atoms with Gasteiger partial charge < -0.3 is 10.1 Å². The van der Waals surface area contributed by atoms with E-state index in [1.165, 1.54) is 6.92 Å². The maximum absolute atomic E-state index is 11.9. The van der Waals surface area contributed by atoms with Gasteiger partial charge in [0.25, 0.3) is 0 Å². The Labute approximate surface area is 96.6 Å². The molecule has 94 valence electrons. The third kappa shape index (κ3) is 4.76. The van der Waals surface area contributed by atoms with E-state index in [1.807, 2.05) is 0 Å². The molecule has 1 amide bonds. The molecule has 17 heavy (non-hydrogen) atoms. The molecule has 0 saturated heterocycles. The molecule has 0 aromatic heterocycles. The number of halogens is 3. The molecule has 1 N–H and O–H groups in total. The Bertz CT molecular complexity index is 365. The van der Waals surface area contributed by atoms with E-state index < -0.39 is 18.1 Å². The summed E-state index contributed by atoms with van der Waals surface area (Å²) in [5.74, 6) is -1.41. The molecule has 3 nitrogen and oxygen atoms in total. The summed E-state index contributed by atoms with van der Waals surface area (Å²) in [6.07, 6.45) is -4.86.